The molecule has 1 saturated heterocycles. The largest absolute Gasteiger partial charge is 0.273 e. The normalized spacial score (nSPS) is 41.0. The molecule has 4 aliphatic rings. The van der Waals surface area contributed by atoms with Crippen molar-refractivity contribution in [2.24, 2.45) is 29.6 Å². The molecule has 128 valence electrons. The number of carbonyl (C=O) groups excluding carboxylic acids is 1. The van der Waals surface area contributed by atoms with Crippen LogP contribution in [-0.4, -0.2) is 11.9 Å². The third-order valence-electron chi connectivity index (χ3n) is 7.42. The van der Waals surface area contributed by atoms with Crippen LogP contribution >= 0.6 is 0 Å². The van der Waals surface area contributed by atoms with Crippen LogP contribution in [0, 0.1) is 36.5 Å². The topological polar surface area (TPSA) is 32.3 Å². The van der Waals surface area contributed by atoms with Gasteiger partial charge >= 0.3 is 0 Å². The van der Waals surface area contributed by atoms with E-state index in [9.17, 15) is 4.79 Å². The maximum atomic E-state index is 13.2. The molecule has 4 fully saturated rings. The van der Waals surface area contributed by atoms with Gasteiger partial charge in [-0.15, -0.1) is 0 Å². The van der Waals surface area contributed by atoms with Crippen molar-refractivity contribution in [3.63, 3.8) is 0 Å². The summed E-state index contributed by atoms with van der Waals surface area (Å²) in [5.41, 5.74) is 5.97. The quantitative estimate of drug-likeness (QED) is 0.844. The highest BCUT2D eigenvalue weighted by Crippen LogP contribution is 2.57. The summed E-state index contributed by atoms with van der Waals surface area (Å²) in [5, 5.41) is 1.91. The van der Waals surface area contributed by atoms with Gasteiger partial charge in [-0.25, -0.2) is 10.4 Å². The molecule has 6 atom stereocenters. The van der Waals surface area contributed by atoms with E-state index in [4.69, 9.17) is 0 Å². The first-order valence-corrected chi connectivity index (χ1v) is 9.91. The predicted molar refractivity (Wildman–Crippen MR) is 95.4 cm³/mol. The molecule has 3 saturated carbocycles. The third kappa shape index (κ3) is 2.10. The molecule has 3 nitrogen and oxygen atoms in total. The van der Waals surface area contributed by atoms with Gasteiger partial charge in [0.2, 0.25) is 5.91 Å². The summed E-state index contributed by atoms with van der Waals surface area (Å²) in [4.78, 5) is 13.2. The molecule has 1 amide bonds. The molecule has 3 heteroatoms. The van der Waals surface area contributed by atoms with E-state index in [1.165, 1.54) is 44.1 Å². The van der Waals surface area contributed by atoms with Gasteiger partial charge < -0.3 is 0 Å². The predicted octanol–water partition coefficient (Wildman–Crippen LogP) is 4.07. The van der Waals surface area contributed by atoms with Crippen LogP contribution in [0.15, 0.2) is 24.3 Å². The van der Waals surface area contributed by atoms with Crippen molar-refractivity contribution in [2.75, 3.05) is 5.01 Å². The van der Waals surface area contributed by atoms with Gasteiger partial charge in [-0.2, -0.15) is 0 Å². The van der Waals surface area contributed by atoms with Crippen molar-refractivity contribution < 1.29 is 4.79 Å². The van der Waals surface area contributed by atoms with Gasteiger partial charge in [0.25, 0.3) is 0 Å². The summed E-state index contributed by atoms with van der Waals surface area (Å²) in [6, 6.07) is 8.92. The number of hydrazine groups is 1. The van der Waals surface area contributed by atoms with E-state index in [2.05, 4.69) is 36.6 Å². The fraction of sp³-hybridized carbons (Fsp3) is 0.667. The molecule has 0 spiro atoms. The molecule has 1 aliphatic heterocycles. The Kier molecular flexibility index (Phi) is 3.48. The van der Waals surface area contributed by atoms with E-state index in [1.54, 1.807) is 0 Å². The van der Waals surface area contributed by atoms with Gasteiger partial charge in [-0.05, 0) is 68.4 Å². The second kappa shape index (κ2) is 5.59. The Hall–Kier alpha value is -1.35. The Morgan fingerprint density at radius 1 is 0.917 bits per heavy atom. The number of anilines is 1. The van der Waals surface area contributed by atoms with E-state index in [1.807, 2.05) is 5.01 Å². The summed E-state index contributed by atoms with van der Waals surface area (Å²) in [6.07, 6.45) is 9.24. The van der Waals surface area contributed by atoms with Crippen molar-refractivity contribution in [1.82, 2.24) is 5.43 Å². The lowest BCUT2D eigenvalue weighted by atomic mass is 9.68. The van der Waals surface area contributed by atoms with Crippen molar-refractivity contribution in [1.29, 1.82) is 0 Å². The van der Waals surface area contributed by atoms with E-state index >= 15 is 0 Å². The number of amides is 1. The summed E-state index contributed by atoms with van der Waals surface area (Å²) < 4.78 is 0. The molecule has 0 radical (unpaired) electrons. The average molecular weight is 324 g/mol. The smallest absolute Gasteiger partial charge is 0.244 e. The SMILES string of the molecule is Cc1ccc(N2NC3C4CCCCC4C4CCCC(C2=O)C43)cc1. The monoisotopic (exact) mass is 324 g/mol. The molecule has 0 aromatic heterocycles. The zero-order valence-corrected chi connectivity index (χ0v) is 14.6. The number of aryl methyl sites for hydroxylation is 1. The van der Waals surface area contributed by atoms with Gasteiger partial charge in [0.05, 0.1) is 5.69 Å². The van der Waals surface area contributed by atoms with Crippen molar-refractivity contribution >= 4 is 11.6 Å². The number of nitrogens with one attached hydrogen (secondary N) is 1. The summed E-state index contributed by atoms with van der Waals surface area (Å²) in [7, 11) is 0. The Morgan fingerprint density at radius 3 is 2.42 bits per heavy atom. The lowest BCUT2D eigenvalue weighted by molar-refractivity contribution is -0.130. The lowest BCUT2D eigenvalue weighted by Gasteiger charge is -2.46. The fourth-order valence-electron chi connectivity index (χ4n) is 6.47. The van der Waals surface area contributed by atoms with Gasteiger partial charge in [-0.3, -0.25) is 4.79 Å². The minimum atomic E-state index is 0.252. The maximum absolute atomic E-state index is 13.2. The number of hydrogen-bond donors (Lipinski definition) is 1. The van der Waals surface area contributed by atoms with Gasteiger partial charge in [0.15, 0.2) is 0 Å². The van der Waals surface area contributed by atoms with E-state index in [0.29, 0.717) is 17.9 Å². The molecule has 3 aliphatic carbocycles. The number of rotatable bonds is 1. The van der Waals surface area contributed by atoms with Crippen LogP contribution in [0.25, 0.3) is 0 Å². The van der Waals surface area contributed by atoms with Crippen LogP contribution in [0.3, 0.4) is 0 Å². The van der Waals surface area contributed by atoms with Crippen molar-refractivity contribution in [3.05, 3.63) is 29.8 Å². The van der Waals surface area contributed by atoms with E-state index in [0.717, 1.165) is 29.9 Å². The molecule has 5 rings (SSSR count). The number of benzene rings is 1. The fourth-order valence-corrected chi connectivity index (χ4v) is 6.47. The number of hydrogen-bond acceptors (Lipinski definition) is 2. The Balaban J connectivity index is 1.51. The van der Waals surface area contributed by atoms with E-state index < -0.39 is 0 Å². The first-order valence-electron chi connectivity index (χ1n) is 9.91. The zero-order valence-electron chi connectivity index (χ0n) is 14.6. The number of carbonyl (C=O) groups is 1. The molecule has 1 aromatic carbocycles. The molecule has 6 unspecified atom stereocenters. The minimum absolute atomic E-state index is 0.252. The van der Waals surface area contributed by atoms with Crippen LogP contribution in [0.4, 0.5) is 5.69 Å². The van der Waals surface area contributed by atoms with Crippen LogP contribution in [0.2, 0.25) is 0 Å². The van der Waals surface area contributed by atoms with Crippen molar-refractivity contribution in [2.45, 2.75) is 57.9 Å². The van der Waals surface area contributed by atoms with Crippen LogP contribution in [0.1, 0.15) is 50.5 Å². The maximum Gasteiger partial charge on any atom is 0.244 e. The standard InChI is InChI=1S/C21H28N2O/c1-13-9-11-14(12-10-13)23-21(24)18-8-4-7-16-15-5-2-3-6-17(15)20(22-23)19(16)18/h9-12,15-20,22H,2-8H2,1H3. The number of fused-ring (bicyclic) bond motifs is 3. The van der Waals surface area contributed by atoms with Crippen LogP contribution in [-0.2, 0) is 4.79 Å². The molecule has 1 heterocycles. The number of nitrogens with zero attached hydrogens (tertiary/aromatic N) is 1. The second-order valence-corrected chi connectivity index (χ2v) is 8.55. The van der Waals surface area contributed by atoms with Crippen molar-refractivity contribution in [3.8, 4) is 0 Å². The first-order chi connectivity index (χ1) is 11.7. The lowest BCUT2D eigenvalue weighted by Crippen LogP contribution is -2.62. The van der Waals surface area contributed by atoms with Crippen LogP contribution < -0.4 is 10.4 Å². The zero-order chi connectivity index (χ0) is 16.3. The Morgan fingerprint density at radius 2 is 1.62 bits per heavy atom. The third-order valence-corrected chi connectivity index (χ3v) is 7.42. The summed E-state index contributed by atoms with van der Waals surface area (Å²) >= 11 is 0. The van der Waals surface area contributed by atoms with Crippen LogP contribution in [0.5, 0.6) is 0 Å². The summed E-state index contributed by atoms with van der Waals surface area (Å²) in [6.45, 7) is 2.10. The Bertz CT molecular complexity index is 640. The highest BCUT2D eigenvalue weighted by atomic mass is 16.2. The highest BCUT2D eigenvalue weighted by molar-refractivity contribution is 5.95. The minimum Gasteiger partial charge on any atom is -0.273 e. The van der Waals surface area contributed by atoms with Gasteiger partial charge in [0.1, 0.15) is 0 Å². The molecular formula is C21H28N2O. The molecule has 1 aromatic rings. The van der Waals surface area contributed by atoms with Gasteiger partial charge in [0, 0.05) is 12.0 Å². The van der Waals surface area contributed by atoms with E-state index in [-0.39, 0.29) is 5.92 Å². The molecule has 0 bridgehead atoms. The summed E-state index contributed by atoms with van der Waals surface area (Å²) in [5.74, 6) is 3.63. The van der Waals surface area contributed by atoms with Gasteiger partial charge in [-0.1, -0.05) is 37.0 Å². The average Bonchev–Trinajstić information content (AvgIpc) is 2.94. The molecular weight excluding hydrogens is 296 g/mol. The molecule has 1 N–H and O–H groups in total. The first kappa shape index (κ1) is 14.9. The molecule has 24 heavy (non-hydrogen) atoms. The highest BCUT2D eigenvalue weighted by Gasteiger charge is 2.58. The Labute approximate surface area is 144 Å². The second-order valence-electron chi connectivity index (χ2n) is 8.55.